The number of hydrogen-bond donors (Lipinski definition) is 1. The lowest BCUT2D eigenvalue weighted by Crippen LogP contribution is -1.97. The number of aliphatic hydroxyl groups is 1. The fraction of sp³-hybridized carbons (Fsp3) is 0.429. The molecule has 3 heteroatoms. The second-order valence-electron chi connectivity index (χ2n) is 2.14. The van der Waals surface area contributed by atoms with Crippen LogP contribution in [0.5, 0.6) is 0 Å². The lowest BCUT2D eigenvalue weighted by molar-refractivity contribution is 0.174. The van der Waals surface area contributed by atoms with Crippen molar-refractivity contribution in [3.8, 4) is 0 Å². The van der Waals surface area contributed by atoms with E-state index in [1.165, 1.54) is 0 Å². The van der Waals surface area contributed by atoms with E-state index in [0.717, 1.165) is 5.56 Å². The zero-order chi connectivity index (χ0) is 7.56. The molecule has 0 aliphatic rings. The van der Waals surface area contributed by atoms with Gasteiger partial charge in [0.2, 0.25) is 0 Å². The van der Waals surface area contributed by atoms with Crippen LogP contribution in [0.1, 0.15) is 17.4 Å². The molecule has 0 saturated heterocycles. The molecule has 1 aromatic heterocycles. The highest BCUT2D eigenvalue weighted by Gasteiger charge is 2.10. The van der Waals surface area contributed by atoms with Gasteiger partial charge in [-0.15, -0.1) is 0 Å². The van der Waals surface area contributed by atoms with Crippen LogP contribution in [0.15, 0.2) is 16.7 Å². The summed E-state index contributed by atoms with van der Waals surface area (Å²) >= 11 is 3.16. The number of alkyl halides is 1. The predicted octanol–water partition coefficient (Wildman–Crippen LogP) is 2.02. The van der Waals surface area contributed by atoms with Crippen molar-refractivity contribution in [3.63, 3.8) is 0 Å². The fourth-order valence-corrected chi connectivity index (χ4v) is 1.09. The Bertz CT molecular complexity index is 207. The van der Waals surface area contributed by atoms with Gasteiger partial charge in [-0.2, -0.15) is 0 Å². The summed E-state index contributed by atoms with van der Waals surface area (Å²) in [5.41, 5.74) is 0.993. The molecule has 1 atom stereocenters. The van der Waals surface area contributed by atoms with Gasteiger partial charge in [0.25, 0.3) is 0 Å². The Balaban J connectivity index is 2.82. The van der Waals surface area contributed by atoms with Gasteiger partial charge in [0.05, 0.1) is 6.26 Å². The first-order valence-corrected chi connectivity index (χ1v) is 4.16. The van der Waals surface area contributed by atoms with Crippen molar-refractivity contribution in [2.45, 2.75) is 13.0 Å². The quantitative estimate of drug-likeness (QED) is 0.749. The summed E-state index contributed by atoms with van der Waals surface area (Å²) in [5.74, 6) is 0.650. The van der Waals surface area contributed by atoms with Gasteiger partial charge in [-0.1, -0.05) is 15.9 Å². The Kier molecular flexibility index (Phi) is 2.51. The molecule has 1 N–H and O–H groups in total. The SMILES string of the molecule is Cc1ccoc1C(O)CBr. The monoisotopic (exact) mass is 204 g/mol. The molecule has 0 aliphatic heterocycles. The van der Waals surface area contributed by atoms with Gasteiger partial charge < -0.3 is 9.52 Å². The third-order valence-electron chi connectivity index (χ3n) is 1.35. The summed E-state index contributed by atoms with van der Waals surface area (Å²) < 4.78 is 5.04. The third kappa shape index (κ3) is 1.41. The molecule has 1 aromatic rings. The smallest absolute Gasteiger partial charge is 0.136 e. The summed E-state index contributed by atoms with van der Waals surface area (Å²) in [5, 5.41) is 9.77. The predicted molar refractivity (Wildman–Crippen MR) is 42.2 cm³/mol. The van der Waals surface area contributed by atoms with Gasteiger partial charge in [-0.3, -0.25) is 0 Å². The Hall–Kier alpha value is -0.280. The summed E-state index contributed by atoms with van der Waals surface area (Å²) in [7, 11) is 0. The van der Waals surface area contributed by atoms with Crippen molar-refractivity contribution < 1.29 is 9.52 Å². The molecule has 0 fully saturated rings. The van der Waals surface area contributed by atoms with Gasteiger partial charge in [0.15, 0.2) is 0 Å². The molecule has 0 aromatic carbocycles. The first kappa shape index (κ1) is 7.82. The minimum Gasteiger partial charge on any atom is -0.466 e. The van der Waals surface area contributed by atoms with E-state index in [1.807, 2.05) is 13.0 Å². The highest BCUT2D eigenvalue weighted by Crippen LogP contribution is 2.19. The topological polar surface area (TPSA) is 33.4 Å². The molecule has 1 rings (SSSR count). The van der Waals surface area contributed by atoms with Gasteiger partial charge in [-0.25, -0.2) is 0 Å². The number of aryl methyl sites for hydroxylation is 1. The first-order chi connectivity index (χ1) is 4.75. The second kappa shape index (κ2) is 3.21. The lowest BCUT2D eigenvalue weighted by atomic mass is 10.2. The Labute approximate surface area is 68.0 Å². The maximum Gasteiger partial charge on any atom is 0.136 e. The van der Waals surface area contributed by atoms with E-state index >= 15 is 0 Å². The molecule has 1 heterocycles. The van der Waals surface area contributed by atoms with Crippen LogP contribution in [-0.4, -0.2) is 10.4 Å². The van der Waals surface area contributed by atoms with Gasteiger partial charge in [-0.05, 0) is 18.6 Å². The largest absolute Gasteiger partial charge is 0.466 e. The van der Waals surface area contributed by atoms with Crippen molar-refractivity contribution in [2.24, 2.45) is 0 Å². The molecule has 0 aliphatic carbocycles. The zero-order valence-corrected chi connectivity index (χ0v) is 7.26. The van der Waals surface area contributed by atoms with E-state index in [-0.39, 0.29) is 0 Å². The van der Waals surface area contributed by atoms with Crippen LogP contribution >= 0.6 is 15.9 Å². The van der Waals surface area contributed by atoms with E-state index in [9.17, 15) is 5.11 Å². The van der Waals surface area contributed by atoms with E-state index in [0.29, 0.717) is 11.1 Å². The molecule has 0 spiro atoms. The van der Waals surface area contributed by atoms with Crippen LogP contribution in [0.2, 0.25) is 0 Å². The summed E-state index contributed by atoms with van der Waals surface area (Å²) in [4.78, 5) is 0. The Morgan fingerprint density at radius 1 is 1.80 bits per heavy atom. The molecule has 10 heavy (non-hydrogen) atoms. The van der Waals surface area contributed by atoms with E-state index in [2.05, 4.69) is 15.9 Å². The number of hydrogen-bond acceptors (Lipinski definition) is 2. The first-order valence-electron chi connectivity index (χ1n) is 3.03. The molecule has 2 nitrogen and oxygen atoms in total. The molecule has 0 saturated carbocycles. The van der Waals surface area contributed by atoms with Crippen molar-refractivity contribution in [1.82, 2.24) is 0 Å². The lowest BCUT2D eigenvalue weighted by Gasteiger charge is -2.02. The van der Waals surface area contributed by atoms with Gasteiger partial charge in [0, 0.05) is 5.33 Å². The Morgan fingerprint density at radius 2 is 2.50 bits per heavy atom. The van der Waals surface area contributed by atoms with Crippen molar-refractivity contribution in [1.29, 1.82) is 0 Å². The van der Waals surface area contributed by atoms with E-state index < -0.39 is 6.10 Å². The van der Waals surface area contributed by atoms with Crippen molar-refractivity contribution in [2.75, 3.05) is 5.33 Å². The summed E-state index contributed by atoms with van der Waals surface area (Å²) in [6, 6.07) is 1.83. The highest BCUT2D eigenvalue weighted by atomic mass is 79.9. The maximum atomic E-state index is 9.26. The number of furan rings is 1. The molecule has 1 unspecified atom stereocenters. The van der Waals surface area contributed by atoms with Crippen LogP contribution in [0.25, 0.3) is 0 Å². The number of rotatable bonds is 2. The molecular weight excluding hydrogens is 196 g/mol. The summed E-state index contributed by atoms with van der Waals surface area (Å²) in [6.07, 6.45) is 1.06. The van der Waals surface area contributed by atoms with Crippen LogP contribution in [0.4, 0.5) is 0 Å². The van der Waals surface area contributed by atoms with Crippen LogP contribution < -0.4 is 0 Å². The average Bonchev–Trinajstić information content (AvgIpc) is 2.34. The van der Waals surface area contributed by atoms with Crippen molar-refractivity contribution >= 4 is 15.9 Å². The maximum absolute atomic E-state index is 9.26. The van der Waals surface area contributed by atoms with Crippen molar-refractivity contribution in [3.05, 3.63) is 23.7 Å². The second-order valence-corrected chi connectivity index (χ2v) is 2.79. The minimum absolute atomic E-state index is 0.515. The molecule has 0 bridgehead atoms. The zero-order valence-electron chi connectivity index (χ0n) is 5.67. The average molecular weight is 205 g/mol. The van der Waals surface area contributed by atoms with Crippen LogP contribution in [0, 0.1) is 6.92 Å². The molecular formula is C7H9BrO2. The van der Waals surface area contributed by atoms with Gasteiger partial charge in [0.1, 0.15) is 11.9 Å². The van der Waals surface area contributed by atoms with Crippen LogP contribution in [0.3, 0.4) is 0 Å². The number of halogens is 1. The highest BCUT2D eigenvalue weighted by molar-refractivity contribution is 9.09. The summed E-state index contributed by atoms with van der Waals surface area (Å²) in [6.45, 7) is 1.91. The Morgan fingerprint density at radius 3 is 2.90 bits per heavy atom. The van der Waals surface area contributed by atoms with E-state index in [4.69, 9.17) is 4.42 Å². The molecule has 0 amide bonds. The minimum atomic E-state index is -0.519. The third-order valence-corrected chi connectivity index (χ3v) is 1.96. The molecule has 56 valence electrons. The standard InChI is InChI=1S/C7H9BrO2/c1-5-2-3-10-7(5)6(9)4-8/h2-3,6,9H,4H2,1H3. The molecule has 0 radical (unpaired) electrons. The normalized spacial score (nSPS) is 13.5. The van der Waals surface area contributed by atoms with Crippen LogP contribution in [-0.2, 0) is 0 Å². The fourth-order valence-electron chi connectivity index (χ4n) is 0.796. The van der Waals surface area contributed by atoms with Gasteiger partial charge >= 0.3 is 0 Å². The number of aliphatic hydroxyl groups excluding tert-OH is 1. The van der Waals surface area contributed by atoms with E-state index in [1.54, 1.807) is 6.26 Å².